The summed E-state index contributed by atoms with van der Waals surface area (Å²) in [5.74, 6) is -0.829. The van der Waals surface area contributed by atoms with E-state index in [1.54, 1.807) is 0 Å². The van der Waals surface area contributed by atoms with Crippen LogP contribution in [0.3, 0.4) is 0 Å². The third-order valence-corrected chi connectivity index (χ3v) is 17.0. The van der Waals surface area contributed by atoms with E-state index < -0.39 is 6.10 Å². The van der Waals surface area contributed by atoms with Crippen molar-refractivity contribution in [1.82, 2.24) is 0 Å². The molecule has 1 unspecified atom stereocenters. The number of allylic oxidation sites excluding steroid dienone is 4. The lowest BCUT2D eigenvalue weighted by Crippen LogP contribution is -2.30. The van der Waals surface area contributed by atoms with Crippen molar-refractivity contribution in [3.63, 3.8) is 0 Å². The fourth-order valence-electron chi connectivity index (χ4n) is 11.4. The molecule has 0 aromatic heterocycles. The molecule has 0 aromatic carbocycles. The molecule has 0 radical (unpaired) electrons. The fraction of sp³-hybridized carbons (Fsp3) is 0.907. The van der Waals surface area contributed by atoms with Crippen LogP contribution < -0.4 is 0 Å². The Balaban J connectivity index is 4.12. The molecule has 0 fully saturated rings. The molecule has 6 heteroatoms. The summed E-state index contributed by atoms with van der Waals surface area (Å²) in [7, 11) is 0. The van der Waals surface area contributed by atoms with Crippen LogP contribution in [-0.2, 0) is 28.6 Å². The molecule has 0 N–H and O–H groups in total. The van der Waals surface area contributed by atoms with E-state index in [0.29, 0.717) is 19.3 Å². The first-order valence-corrected chi connectivity index (χ1v) is 36.8. The van der Waals surface area contributed by atoms with Gasteiger partial charge >= 0.3 is 17.9 Å². The third-order valence-electron chi connectivity index (χ3n) is 17.0. The van der Waals surface area contributed by atoms with Crippen molar-refractivity contribution in [2.45, 2.75) is 425 Å². The fourth-order valence-corrected chi connectivity index (χ4v) is 11.4. The van der Waals surface area contributed by atoms with Gasteiger partial charge in [-0.3, -0.25) is 14.4 Å². The highest BCUT2D eigenvalue weighted by molar-refractivity contribution is 5.71. The molecule has 0 spiro atoms. The monoisotopic (exact) mass is 1140 g/mol. The van der Waals surface area contributed by atoms with Crippen molar-refractivity contribution in [3.05, 3.63) is 24.3 Å². The van der Waals surface area contributed by atoms with Crippen molar-refractivity contribution in [2.24, 2.45) is 0 Å². The zero-order chi connectivity index (χ0) is 58.5. The number of carbonyl (C=O) groups excluding carboxylic acids is 3. The molecule has 0 bridgehead atoms. The number of ether oxygens (including phenoxy) is 3. The lowest BCUT2D eigenvalue weighted by molar-refractivity contribution is -0.167. The predicted molar refractivity (Wildman–Crippen MR) is 353 cm³/mol. The Morgan fingerprint density at radius 1 is 0.247 bits per heavy atom. The molecule has 0 heterocycles. The molecule has 1 atom stereocenters. The highest BCUT2D eigenvalue weighted by atomic mass is 16.6. The largest absolute Gasteiger partial charge is 0.462 e. The van der Waals surface area contributed by atoms with Crippen LogP contribution >= 0.6 is 0 Å². The molecule has 0 rings (SSSR count). The van der Waals surface area contributed by atoms with E-state index in [4.69, 9.17) is 14.2 Å². The number of unbranched alkanes of at least 4 members (excludes halogenated alkanes) is 54. The van der Waals surface area contributed by atoms with Gasteiger partial charge in [-0.2, -0.15) is 0 Å². The van der Waals surface area contributed by atoms with Gasteiger partial charge in [-0.15, -0.1) is 0 Å². The van der Waals surface area contributed by atoms with Crippen molar-refractivity contribution in [2.75, 3.05) is 13.2 Å². The summed E-state index contributed by atoms with van der Waals surface area (Å²) < 4.78 is 17.0. The lowest BCUT2D eigenvalue weighted by atomic mass is 10.0. The number of carbonyl (C=O) groups is 3. The van der Waals surface area contributed by atoms with Crippen molar-refractivity contribution < 1.29 is 28.6 Å². The van der Waals surface area contributed by atoms with Crippen LogP contribution in [0.25, 0.3) is 0 Å². The summed E-state index contributed by atoms with van der Waals surface area (Å²) in [4.78, 5) is 38.4. The van der Waals surface area contributed by atoms with Gasteiger partial charge in [0.25, 0.3) is 0 Å². The van der Waals surface area contributed by atoms with E-state index in [2.05, 4.69) is 45.1 Å². The van der Waals surface area contributed by atoms with Gasteiger partial charge in [0.2, 0.25) is 0 Å². The number of hydrogen-bond acceptors (Lipinski definition) is 6. The van der Waals surface area contributed by atoms with Crippen molar-refractivity contribution in [3.8, 4) is 0 Å². The van der Waals surface area contributed by atoms with E-state index in [-0.39, 0.29) is 31.1 Å². The highest BCUT2D eigenvalue weighted by Gasteiger charge is 2.20. The average Bonchev–Trinajstić information content (AvgIpc) is 3.47. The zero-order valence-electron chi connectivity index (χ0n) is 55.1. The van der Waals surface area contributed by atoms with E-state index >= 15 is 0 Å². The SMILES string of the molecule is CCCCCCC/C=C\C/C=C\CCCCCCCCCCCCCCCCCCCC(=O)OCC(COC(=O)CCCCCCCCCCCCC)OC(=O)CCCCCCCCCCCCCCCCCCCCCCCCC. The maximum absolute atomic E-state index is 12.9. The van der Waals surface area contributed by atoms with Gasteiger partial charge in [0.05, 0.1) is 0 Å². The van der Waals surface area contributed by atoms with Crippen molar-refractivity contribution >= 4 is 17.9 Å². The Morgan fingerprint density at radius 2 is 0.444 bits per heavy atom. The zero-order valence-corrected chi connectivity index (χ0v) is 55.1. The van der Waals surface area contributed by atoms with Gasteiger partial charge in [-0.1, -0.05) is 373 Å². The molecule has 0 saturated carbocycles. The second kappa shape index (κ2) is 70.4. The minimum atomic E-state index is -0.766. The van der Waals surface area contributed by atoms with Crippen LogP contribution in [0.4, 0.5) is 0 Å². The first-order chi connectivity index (χ1) is 40.0. The molecule has 478 valence electrons. The van der Waals surface area contributed by atoms with Crippen LogP contribution in [0.1, 0.15) is 419 Å². The summed E-state index contributed by atoms with van der Waals surface area (Å²) >= 11 is 0. The molecule has 6 nitrogen and oxygen atoms in total. The highest BCUT2D eigenvalue weighted by Crippen LogP contribution is 2.19. The predicted octanol–water partition coefficient (Wildman–Crippen LogP) is 25.3. The van der Waals surface area contributed by atoms with E-state index in [0.717, 1.165) is 64.2 Å². The Kier molecular flexibility index (Phi) is 68.5. The van der Waals surface area contributed by atoms with Gasteiger partial charge < -0.3 is 14.2 Å². The maximum atomic E-state index is 12.9. The smallest absolute Gasteiger partial charge is 0.306 e. The maximum Gasteiger partial charge on any atom is 0.306 e. The second-order valence-corrected chi connectivity index (χ2v) is 25.2. The van der Waals surface area contributed by atoms with Gasteiger partial charge in [-0.05, 0) is 51.4 Å². The third kappa shape index (κ3) is 68.6. The molecule has 0 aromatic rings. The quantitative estimate of drug-likeness (QED) is 0.0261. The minimum absolute atomic E-state index is 0.0634. The summed E-state index contributed by atoms with van der Waals surface area (Å²) in [6.07, 6.45) is 86.6. The molecule has 0 saturated heterocycles. The number of hydrogen-bond donors (Lipinski definition) is 0. The van der Waals surface area contributed by atoms with E-state index in [1.165, 1.54) is 315 Å². The van der Waals surface area contributed by atoms with Gasteiger partial charge in [0.15, 0.2) is 6.10 Å². The van der Waals surface area contributed by atoms with Gasteiger partial charge in [0.1, 0.15) is 13.2 Å². The second-order valence-electron chi connectivity index (χ2n) is 25.2. The summed E-state index contributed by atoms with van der Waals surface area (Å²) in [5, 5.41) is 0. The van der Waals surface area contributed by atoms with Gasteiger partial charge in [-0.25, -0.2) is 0 Å². The lowest BCUT2D eigenvalue weighted by Gasteiger charge is -2.18. The Morgan fingerprint density at radius 3 is 0.679 bits per heavy atom. The molecule has 81 heavy (non-hydrogen) atoms. The van der Waals surface area contributed by atoms with Crippen LogP contribution in [0.15, 0.2) is 24.3 Å². The standard InChI is InChI=1S/C75H142O6/c1-4-7-10-13-16-19-22-24-26-28-30-32-34-35-36-37-38-39-41-42-44-46-48-50-53-56-59-62-65-68-74(77)80-71-72(70-79-73(76)67-64-61-58-55-52-21-18-15-12-9-6-3)81-75(78)69-66-63-60-57-54-51-49-47-45-43-40-33-31-29-27-25-23-20-17-14-11-8-5-2/h22,24,28,30,72H,4-21,23,25-27,29,31-71H2,1-3H3/b24-22-,30-28-. The minimum Gasteiger partial charge on any atom is -0.462 e. The Hall–Kier alpha value is -2.11. The topological polar surface area (TPSA) is 78.9 Å². The normalized spacial score (nSPS) is 12.1. The summed E-state index contributed by atoms with van der Waals surface area (Å²) in [6.45, 7) is 6.71. The first-order valence-electron chi connectivity index (χ1n) is 36.8. The summed E-state index contributed by atoms with van der Waals surface area (Å²) in [6, 6.07) is 0. The molecule has 0 aliphatic heterocycles. The van der Waals surface area contributed by atoms with Crippen LogP contribution in [0.2, 0.25) is 0 Å². The Bertz CT molecular complexity index is 1310. The van der Waals surface area contributed by atoms with Crippen molar-refractivity contribution in [1.29, 1.82) is 0 Å². The van der Waals surface area contributed by atoms with Crippen LogP contribution in [0.5, 0.6) is 0 Å². The molecule has 0 aliphatic carbocycles. The van der Waals surface area contributed by atoms with E-state index in [1.807, 2.05) is 0 Å². The summed E-state index contributed by atoms with van der Waals surface area (Å²) in [5.41, 5.74) is 0. The molecular formula is C75H142O6. The molecule has 0 amide bonds. The average molecular weight is 1140 g/mol. The molecular weight excluding hydrogens is 997 g/mol. The van der Waals surface area contributed by atoms with E-state index in [9.17, 15) is 14.4 Å². The number of esters is 3. The van der Waals surface area contributed by atoms with Crippen LogP contribution in [-0.4, -0.2) is 37.2 Å². The number of rotatable bonds is 69. The molecule has 0 aliphatic rings. The Labute approximate surface area is 506 Å². The van der Waals surface area contributed by atoms with Gasteiger partial charge in [0, 0.05) is 19.3 Å². The first kappa shape index (κ1) is 78.9. The van der Waals surface area contributed by atoms with Crippen LogP contribution in [0, 0.1) is 0 Å².